The van der Waals surface area contributed by atoms with Gasteiger partial charge in [0.25, 0.3) is 0 Å². The van der Waals surface area contributed by atoms with Crippen LogP contribution in [0.5, 0.6) is 0 Å². The highest BCUT2D eigenvalue weighted by Crippen LogP contribution is 2.14. The lowest BCUT2D eigenvalue weighted by atomic mass is 10.1. The van der Waals surface area contributed by atoms with Crippen LogP contribution in [0.25, 0.3) is 0 Å². The van der Waals surface area contributed by atoms with Crippen molar-refractivity contribution in [2.24, 2.45) is 5.73 Å². The molecule has 2 aromatic heterocycles. The zero-order valence-corrected chi connectivity index (χ0v) is 10.6. The molecule has 92 valence electrons. The highest BCUT2D eigenvalue weighted by molar-refractivity contribution is 5.09. The Hall–Kier alpha value is -1.69. The Morgan fingerprint density at radius 1 is 1.41 bits per heavy atom. The predicted octanol–water partition coefficient (Wildman–Crippen LogP) is 1.13. The molecule has 0 spiro atoms. The Kier molecular flexibility index (Phi) is 2.74. The average molecular weight is 235 g/mol. The molecule has 0 atom stereocenters. The van der Waals surface area contributed by atoms with Crippen LogP contribution in [0.2, 0.25) is 0 Å². The van der Waals surface area contributed by atoms with E-state index in [1.54, 1.807) is 6.33 Å². The predicted molar refractivity (Wildman–Crippen MR) is 62.3 cm³/mol. The van der Waals surface area contributed by atoms with Crippen LogP contribution in [0.3, 0.4) is 0 Å². The van der Waals surface area contributed by atoms with Gasteiger partial charge in [0.05, 0.1) is 17.6 Å². The van der Waals surface area contributed by atoms with Gasteiger partial charge in [0.2, 0.25) is 5.89 Å². The minimum Gasteiger partial charge on any atom is -0.337 e. The molecule has 2 N–H and O–H groups in total. The third kappa shape index (κ3) is 2.36. The SMILES string of the molecule is Cc1ncn(Cc2nc(C(C)(C)N)no2)c1C. The van der Waals surface area contributed by atoms with E-state index in [1.165, 1.54) is 0 Å². The van der Waals surface area contributed by atoms with Crippen molar-refractivity contribution in [1.82, 2.24) is 19.7 Å². The van der Waals surface area contributed by atoms with Gasteiger partial charge < -0.3 is 14.8 Å². The molecule has 0 saturated heterocycles. The summed E-state index contributed by atoms with van der Waals surface area (Å²) >= 11 is 0. The third-order valence-corrected chi connectivity index (χ3v) is 2.70. The molecule has 6 nitrogen and oxygen atoms in total. The summed E-state index contributed by atoms with van der Waals surface area (Å²) < 4.78 is 7.14. The average Bonchev–Trinajstić information content (AvgIpc) is 2.80. The van der Waals surface area contributed by atoms with Crippen LogP contribution < -0.4 is 5.73 Å². The first-order valence-electron chi connectivity index (χ1n) is 5.48. The van der Waals surface area contributed by atoms with Gasteiger partial charge >= 0.3 is 0 Å². The van der Waals surface area contributed by atoms with Gasteiger partial charge in [-0.15, -0.1) is 0 Å². The Balaban J connectivity index is 2.20. The Labute approximate surface area is 99.8 Å². The first-order valence-corrected chi connectivity index (χ1v) is 5.48. The maximum absolute atomic E-state index is 5.89. The van der Waals surface area contributed by atoms with E-state index < -0.39 is 5.54 Å². The molecule has 0 amide bonds. The molecule has 0 aliphatic carbocycles. The van der Waals surface area contributed by atoms with E-state index in [2.05, 4.69) is 15.1 Å². The van der Waals surface area contributed by atoms with Gasteiger partial charge in [-0.1, -0.05) is 5.16 Å². The molecule has 2 rings (SSSR count). The molecular weight excluding hydrogens is 218 g/mol. The summed E-state index contributed by atoms with van der Waals surface area (Å²) in [6.45, 7) is 8.18. The van der Waals surface area contributed by atoms with E-state index in [-0.39, 0.29) is 0 Å². The van der Waals surface area contributed by atoms with Crippen molar-refractivity contribution in [3.8, 4) is 0 Å². The minimum atomic E-state index is -0.582. The zero-order valence-electron chi connectivity index (χ0n) is 10.6. The van der Waals surface area contributed by atoms with E-state index in [4.69, 9.17) is 10.3 Å². The fraction of sp³-hybridized carbons (Fsp3) is 0.545. The van der Waals surface area contributed by atoms with E-state index in [9.17, 15) is 0 Å². The normalized spacial score (nSPS) is 12.1. The number of hydrogen-bond donors (Lipinski definition) is 1. The molecule has 0 fully saturated rings. The molecule has 0 unspecified atom stereocenters. The fourth-order valence-electron chi connectivity index (χ4n) is 1.43. The molecular formula is C11H17N5O. The number of hydrogen-bond acceptors (Lipinski definition) is 5. The highest BCUT2D eigenvalue weighted by Gasteiger charge is 2.21. The Morgan fingerprint density at radius 3 is 2.59 bits per heavy atom. The van der Waals surface area contributed by atoms with E-state index in [0.29, 0.717) is 18.3 Å². The Bertz CT molecular complexity index is 520. The Morgan fingerprint density at radius 2 is 2.12 bits per heavy atom. The second kappa shape index (κ2) is 3.96. The summed E-state index contributed by atoms with van der Waals surface area (Å²) in [4.78, 5) is 8.49. The highest BCUT2D eigenvalue weighted by atomic mass is 16.5. The summed E-state index contributed by atoms with van der Waals surface area (Å²) in [6.07, 6.45) is 1.77. The summed E-state index contributed by atoms with van der Waals surface area (Å²) in [6, 6.07) is 0. The van der Waals surface area contributed by atoms with E-state index >= 15 is 0 Å². The second-order valence-electron chi connectivity index (χ2n) is 4.78. The van der Waals surface area contributed by atoms with Crippen molar-refractivity contribution in [3.63, 3.8) is 0 Å². The smallest absolute Gasteiger partial charge is 0.246 e. The van der Waals surface area contributed by atoms with Crippen LogP contribution in [0.15, 0.2) is 10.9 Å². The van der Waals surface area contributed by atoms with Crippen molar-refractivity contribution in [1.29, 1.82) is 0 Å². The zero-order chi connectivity index (χ0) is 12.6. The summed E-state index contributed by atoms with van der Waals surface area (Å²) in [5, 5.41) is 3.88. The maximum atomic E-state index is 5.89. The topological polar surface area (TPSA) is 82.8 Å². The van der Waals surface area contributed by atoms with Crippen molar-refractivity contribution in [2.45, 2.75) is 39.8 Å². The van der Waals surface area contributed by atoms with Crippen LogP contribution in [-0.2, 0) is 12.1 Å². The van der Waals surface area contributed by atoms with Crippen LogP contribution in [0.1, 0.15) is 37.0 Å². The number of rotatable bonds is 3. The van der Waals surface area contributed by atoms with Gasteiger partial charge in [-0.05, 0) is 27.7 Å². The molecule has 0 aliphatic rings. The van der Waals surface area contributed by atoms with Gasteiger partial charge in [-0.25, -0.2) is 4.98 Å². The van der Waals surface area contributed by atoms with Gasteiger partial charge in [0, 0.05) is 5.69 Å². The summed E-state index contributed by atoms with van der Waals surface area (Å²) in [7, 11) is 0. The van der Waals surface area contributed by atoms with Gasteiger partial charge in [0.15, 0.2) is 5.82 Å². The van der Waals surface area contributed by atoms with Crippen molar-refractivity contribution in [2.75, 3.05) is 0 Å². The molecule has 0 bridgehead atoms. The van der Waals surface area contributed by atoms with Gasteiger partial charge in [-0.2, -0.15) is 4.98 Å². The van der Waals surface area contributed by atoms with E-state index in [1.807, 2.05) is 32.3 Å². The fourth-order valence-corrected chi connectivity index (χ4v) is 1.43. The standard InChI is InChI=1S/C11H17N5O/c1-7-8(2)16(6-13-7)5-9-14-10(15-17-9)11(3,4)12/h6H,5,12H2,1-4H3. The van der Waals surface area contributed by atoms with Crippen molar-refractivity contribution < 1.29 is 4.52 Å². The molecule has 0 radical (unpaired) electrons. The first kappa shape index (κ1) is 11.8. The van der Waals surface area contributed by atoms with E-state index in [0.717, 1.165) is 11.4 Å². The monoisotopic (exact) mass is 235 g/mol. The lowest BCUT2D eigenvalue weighted by Crippen LogP contribution is -2.30. The molecule has 6 heteroatoms. The molecule has 2 heterocycles. The second-order valence-corrected chi connectivity index (χ2v) is 4.78. The van der Waals surface area contributed by atoms with Crippen molar-refractivity contribution in [3.05, 3.63) is 29.4 Å². The lowest BCUT2D eigenvalue weighted by molar-refractivity contribution is 0.354. The van der Waals surface area contributed by atoms with Gasteiger partial charge in [-0.3, -0.25) is 0 Å². The van der Waals surface area contributed by atoms with Gasteiger partial charge in [0.1, 0.15) is 6.54 Å². The van der Waals surface area contributed by atoms with Crippen LogP contribution in [-0.4, -0.2) is 19.7 Å². The van der Waals surface area contributed by atoms with Crippen LogP contribution in [0, 0.1) is 13.8 Å². The minimum absolute atomic E-state index is 0.516. The number of imidazole rings is 1. The lowest BCUT2D eigenvalue weighted by Gasteiger charge is -2.11. The van der Waals surface area contributed by atoms with Crippen molar-refractivity contribution >= 4 is 0 Å². The molecule has 0 aromatic carbocycles. The number of nitrogens with zero attached hydrogens (tertiary/aromatic N) is 4. The number of aromatic nitrogens is 4. The number of aryl methyl sites for hydroxylation is 1. The summed E-state index contributed by atoms with van der Waals surface area (Å²) in [5.74, 6) is 1.06. The molecule has 2 aromatic rings. The molecule has 17 heavy (non-hydrogen) atoms. The number of nitrogens with two attached hydrogens (primary N) is 1. The molecule has 0 aliphatic heterocycles. The van der Waals surface area contributed by atoms with Crippen LogP contribution >= 0.6 is 0 Å². The third-order valence-electron chi connectivity index (χ3n) is 2.70. The molecule has 0 saturated carbocycles. The van der Waals surface area contributed by atoms with Crippen LogP contribution in [0.4, 0.5) is 0 Å². The first-order chi connectivity index (χ1) is 7.88. The largest absolute Gasteiger partial charge is 0.337 e. The maximum Gasteiger partial charge on any atom is 0.246 e. The summed E-state index contributed by atoms with van der Waals surface area (Å²) in [5.41, 5.74) is 7.41. The quantitative estimate of drug-likeness (QED) is 0.862.